The number of ether oxygens (including phenoxy) is 1. The summed E-state index contributed by atoms with van der Waals surface area (Å²) in [6.45, 7) is 7.92. The fourth-order valence-electron chi connectivity index (χ4n) is 4.63. The smallest absolute Gasteiger partial charge is 0.407 e. The van der Waals surface area contributed by atoms with Crippen LogP contribution in [-0.4, -0.2) is 52.7 Å². The van der Waals surface area contributed by atoms with Crippen LogP contribution in [0.3, 0.4) is 0 Å². The van der Waals surface area contributed by atoms with E-state index in [1.807, 2.05) is 45.0 Å². The number of hydrogen-bond donors (Lipinski definition) is 2. The summed E-state index contributed by atoms with van der Waals surface area (Å²) in [5, 5.41) is 11.9. The maximum Gasteiger partial charge on any atom is 0.407 e. The lowest BCUT2D eigenvalue weighted by molar-refractivity contribution is -0.140. The molecule has 3 rings (SSSR count). The van der Waals surface area contributed by atoms with Gasteiger partial charge < -0.3 is 20.1 Å². The molecule has 0 radical (unpaired) electrons. The molecule has 2 amide bonds. The van der Waals surface area contributed by atoms with Gasteiger partial charge in [0.2, 0.25) is 5.91 Å². The number of carboxylic acid groups (broad SMARTS) is 1. The average Bonchev–Trinajstić information content (AvgIpc) is 3.10. The third kappa shape index (κ3) is 5.95. The predicted molar refractivity (Wildman–Crippen MR) is 131 cm³/mol. The van der Waals surface area contributed by atoms with Crippen LogP contribution in [0.4, 0.5) is 4.79 Å². The molecule has 2 aromatic carbocycles. The van der Waals surface area contributed by atoms with Gasteiger partial charge in [-0.25, -0.2) is 4.79 Å². The second kappa shape index (κ2) is 10.7. The zero-order valence-electron chi connectivity index (χ0n) is 20.3. The van der Waals surface area contributed by atoms with Gasteiger partial charge in [0, 0.05) is 30.5 Å². The molecule has 7 nitrogen and oxygen atoms in total. The number of fused-ring (bicyclic) bond motifs is 3. The third-order valence-electron chi connectivity index (χ3n) is 6.41. The van der Waals surface area contributed by atoms with Gasteiger partial charge in [-0.2, -0.15) is 0 Å². The van der Waals surface area contributed by atoms with Crippen molar-refractivity contribution in [3.63, 3.8) is 0 Å². The Bertz CT molecular complexity index is 1000. The first-order valence-electron chi connectivity index (χ1n) is 11.8. The van der Waals surface area contributed by atoms with Crippen molar-refractivity contribution in [1.29, 1.82) is 0 Å². The first-order valence-corrected chi connectivity index (χ1v) is 11.8. The Hall–Kier alpha value is -3.35. The minimum absolute atomic E-state index is 0.0170. The Morgan fingerprint density at radius 3 is 2.15 bits per heavy atom. The zero-order chi connectivity index (χ0) is 24.9. The lowest BCUT2D eigenvalue weighted by atomic mass is 9.97. The number of benzene rings is 2. The molecule has 0 saturated heterocycles. The molecule has 0 fully saturated rings. The number of carbonyl (C=O) groups is 3. The van der Waals surface area contributed by atoms with E-state index in [9.17, 15) is 14.4 Å². The molecule has 0 spiro atoms. The number of carboxylic acids is 1. The van der Waals surface area contributed by atoms with Crippen LogP contribution >= 0.6 is 0 Å². The maximum absolute atomic E-state index is 12.7. The second-order valence-corrected chi connectivity index (χ2v) is 9.46. The molecule has 7 heteroatoms. The summed E-state index contributed by atoms with van der Waals surface area (Å²) in [6.07, 6.45) is -0.00669. The fraction of sp³-hybridized carbons (Fsp3) is 0.444. The summed E-state index contributed by atoms with van der Waals surface area (Å²) in [5.41, 5.74) is 3.98. The molecule has 0 aromatic heterocycles. The largest absolute Gasteiger partial charge is 0.481 e. The van der Waals surface area contributed by atoms with E-state index in [1.165, 1.54) is 11.1 Å². The van der Waals surface area contributed by atoms with Crippen LogP contribution in [0.2, 0.25) is 0 Å². The summed E-state index contributed by atoms with van der Waals surface area (Å²) in [4.78, 5) is 37.8. The number of rotatable bonds is 10. The second-order valence-electron chi connectivity index (χ2n) is 9.46. The highest BCUT2D eigenvalue weighted by Crippen LogP contribution is 2.44. The molecule has 2 N–H and O–H groups in total. The van der Waals surface area contributed by atoms with Gasteiger partial charge in [-0.1, -0.05) is 48.5 Å². The summed E-state index contributed by atoms with van der Waals surface area (Å²) < 4.78 is 5.62. The predicted octanol–water partition coefficient (Wildman–Crippen LogP) is 4.80. The monoisotopic (exact) mass is 466 g/mol. The third-order valence-corrected chi connectivity index (χ3v) is 6.41. The number of nitrogens with zero attached hydrogens (tertiary/aromatic N) is 1. The van der Waals surface area contributed by atoms with Crippen molar-refractivity contribution in [3.05, 3.63) is 59.7 Å². The van der Waals surface area contributed by atoms with Crippen molar-refractivity contribution in [2.75, 3.05) is 13.2 Å². The number of hydrogen-bond acceptors (Lipinski definition) is 4. The van der Waals surface area contributed by atoms with Crippen LogP contribution in [0.15, 0.2) is 48.5 Å². The molecule has 1 atom stereocenters. The number of aliphatic carboxylic acids is 1. The van der Waals surface area contributed by atoms with Crippen LogP contribution in [0.25, 0.3) is 11.1 Å². The van der Waals surface area contributed by atoms with Crippen LogP contribution in [0, 0.1) is 0 Å². The summed E-state index contributed by atoms with van der Waals surface area (Å²) in [5.74, 6) is -1.08. The maximum atomic E-state index is 12.7. The Morgan fingerprint density at radius 1 is 1.06 bits per heavy atom. The van der Waals surface area contributed by atoms with Crippen molar-refractivity contribution in [3.8, 4) is 11.1 Å². The van der Waals surface area contributed by atoms with Gasteiger partial charge >= 0.3 is 12.1 Å². The van der Waals surface area contributed by atoms with E-state index >= 15 is 0 Å². The summed E-state index contributed by atoms with van der Waals surface area (Å²) >= 11 is 0. The average molecular weight is 467 g/mol. The highest BCUT2D eigenvalue weighted by molar-refractivity contribution is 5.79. The van der Waals surface area contributed by atoms with Gasteiger partial charge in [-0.3, -0.25) is 9.59 Å². The minimum Gasteiger partial charge on any atom is -0.481 e. The molecule has 0 saturated carbocycles. The Kier molecular flexibility index (Phi) is 7.97. The Morgan fingerprint density at radius 2 is 1.62 bits per heavy atom. The van der Waals surface area contributed by atoms with Crippen LogP contribution < -0.4 is 5.32 Å². The van der Waals surface area contributed by atoms with Crippen LogP contribution in [-0.2, 0) is 14.3 Å². The highest BCUT2D eigenvalue weighted by Gasteiger charge is 2.30. The van der Waals surface area contributed by atoms with Crippen LogP contribution in [0.5, 0.6) is 0 Å². The van der Waals surface area contributed by atoms with Crippen LogP contribution in [0.1, 0.15) is 64.0 Å². The first kappa shape index (κ1) is 25.3. The van der Waals surface area contributed by atoms with Crippen molar-refractivity contribution in [1.82, 2.24) is 10.2 Å². The summed E-state index contributed by atoms with van der Waals surface area (Å²) in [6, 6.07) is 16.0. The van der Waals surface area contributed by atoms with Crippen molar-refractivity contribution < 1.29 is 24.2 Å². The Balaban J connectivity index is 1.54. The highest BCUT2D eigenvalue weighted by atomic mass is 16.5. The van der Waals surface area contributed by atoms with Gasteiger partial charge in [-0.15, -0.1) is 0 Å². The van der Waals surface area contributed by atoms with E-state index in [0.717, 1.165) is 11.1 Å². The quantitative estimate of drug-likeness (QED) is 0.525. The fourth-order valence-corrected chi connectivity index (χ4v) is 4.63. The number of carbonyl (C=O) groups excluding carboxylic acids is 2. The molecule has 182 valence electrons. The minimum atomic E-state index is -0.934. The number of alkyl carbamates (subject to hydrolysis) is 1. The lowest BCUT2D eigenvalue weighted by Crippen LogP contribution is -2.46. The Labute approximate surface area is 201 Å². The molecule has 0 bridgehead atoms. The van der Waals surface area contributed by atoms with Gasteiger partial charge in [-0.05, 0) is 56.4 Å². The van der Waals surface area contributed by atoms with Crippen molar-refractivity contribution >= 4 is 18.0 Å². The van der Waals surface area contributed by atoms with Crippen molar-refractivity contribution in [2.45, 2.75) is 64.5 Å². The molecular weight excluding hydrogens is 432 g/mol. The molecule has 0 aliphatic heterocycles. The van der Waals surface area contributed by atoms with E-state index in [-0.39, 0.29) is 37.3 Å². The first-order chi connectivity index (χ1) is 16.1. The zero-order valence-corrected chi connectivity index (χ0v) is 20.3. The lowest BCUT2D eigenvalue weighted by Gasteiger charge is -2.30. The number of nitrogens with one attached hydrogen (secondary N) is 1. The van der Waals surface area contributed by atoms with E-state index in [2.05, 4.69) is 29.6 Å². The molecule has 2 aromatic rings. The standard InChI is InChI=1S/C27H34N2O5/c1-5-29(18(2)16-25(31)32)24(30)14-15-27(3,4)28-26(33)34-17-23-21-12-8-6-10-19(21)20-11-7-9-13-22(20)23/h6-13,18,23H,5,14-17H2,1-4H3,(H,28,33)(H,31,32). The van der Waals surface area contributed by atoms with Gasteiger partial charge in [0.1, 0.15) is 6.61 Å². The topological polar surface area (TPSA) is 95.9 Å². The number of amides is 2. The van der Waals surface area contributed by atoms with Gasteiger partial charge in [0.25, 0.3) is 0 Å². The molecule has 34 heavy (non-hydrogen) atoms. The van der Waals surface area contributed by atoms with E-state index in [4.69, 9.17) is 9.84 Å². The van der Waals surface area contributed by atoms with E-state index < -0.39 is 17.6 Å². The van der Waals surface area contributed by atoms with Gasteiger partial charge in [0.15, 0.2) is 0 Å². The molecular formula is C27H34N2O5. The molecule has 1 unspecified atom stereocenters. The normalized spacial score (nSPS) is 13.5. The molecule has 1 aliphatic carbocycles. The van der Waals surface area contributed by atoms with E-state index in [1.54, 1.807) is 11.8 Å². The van der Waals surface area contributed by atoms with Gasteiger partial charge in [0.05, 0.1) is 6.42 Å². The van der Waals surface area contributed by atoms with Crippen molar-refractivity contribution in [2.24, 2.45) is 0 Å². The van der Waals surface area contributed by atoms with E-state index in [0.29, 0.717) is 13.0 Å². The summed E-state index contributed by atoms with van der Waals surface area (Å²) in [7, 11) is 0. The SMILES string of the molecule is CCN(C(=O)CCC(C)(C)NC(=O)OCC1c2ccccc2-c2ccccc21)C(C)CC(=O)O. The molecule has 0 heterocycles. The molecule has 1 aliphatic rings.